The zero-order chi connectivity index (χ0) is 16.7. The van der Waals surface area contributed by atoms with E-state index in [-0.39, 0.29) is 24.5 Å². The first-order valence-corrected chi connectivity index (χ1v) is 8.00. The predicted molar refractivity (Wildman–Crippen MR) is 88.3 cm³/mol. The molecule has 7 heteroatoms. The number of aliphatic hydroxyl groups excluding tert-OH is 1. The Bertz CT molecular complexity index is 851. The topological polar surface area (TPSA) is 85.0 Å². The second-order valence-electron chi connectivity index (χ2n) is 6.35. The van der Waals surface area contributed by atoms with Crippen molar-refractivity contribution >= 4 is 16.8 Å². The van der Waals surface area contributed by atoms with Crippen molar-refractivity contribution in [2.24, 2.45) is 0 Å². The second kappa shape index (κ2) is 5.76. The van der Waals surface area contributed by atoms with Crippen LogP contribution in [0.5, 0.6) is 0 Å². The highest BCUT2D eigenvalue weighted by Crippen LogP contribution is 2.32. The summed E-state index contributed by atoms with van der Waals surface area (Å²) >= 11 is 0. The normalized spacial score (nSPS) is 23.2. The fourth-order valence-electron chi connectivity index (χ4n) is 3.21. The van der Waals surface area contributed by atoms with Gasteiger partial charge >= 0.3 is 0 Å². The van der Waals surface area contributed by atoms with Gasteiger partial charge in [0.15, 0.2) is 0 Å². The molecule has 0 aliphatic heterocycles. The molecule has 2 aromatic heterocycles. The van der Waals surface area contributed by atoms with Crippen LogP contribution in [-0.4, -0.2) is 42.7 Å². The Hall–Kier alpha value is -2.67. The summed E-state index contributed by atoms with van der Waals surface area (Å²) in [6, 6.07) is 7.43. The lowest BCUT2D eigenvalue weighted by Gasteiger charge is -2.41. The summed E-state index contributed by atoms with van der Waals surface area (Å²) in [5.41, 5.74) is 1.90. The van der Waals surface area contributed by atoms with E-state index in [1.807, 2.05) is 43.6 Å². The van der Waals surface area contributed by atoms with Gasteiger partial charge in [-0.3, -0.25) is 14.2 Å². The highest BCUT2D eigenvalue weighted by atomic mass is 16.3. The standard InChI is InChI=1S/C17H19N5O2/c1-11-7-18-22(8-11)17-14(6-15(17)23)19-16(24)10-21-9-12-4-2-3-5-13(12)20-21/h2-5,7-9,14-15,17,23H,6,10H2,1H3,(H,19,24)/t14-,15+,17+/m0/s1. The molecule has 0 radical (unpaired) electrons. The Morgan fingerprint density at radius 3 is 2.92 bits per heavy atom. The van der Waals surface area contributed by atoms with Gasteiger partial charge in [-0.1, -0.05) is 18.2 Å². The molecule has 124 valence electrons. The molecule has 1 saturated carbocycles. The number of aryl methyl sites for hydroxylation is 1. The van der Waals surface area contributed by atoms with Crippen LogP contribution in [0.15, 0.2) is 42.9 Å². The Kier molecular flexibility index (Phi) is 3.57. The van der Waals surface area contributed by atoms with Gasteiger partial charge in [0.05, 0.1) is 29.9 Å². The van der Waals surface area contributed by atoms with E-state index in [4.69, 9.17) is 0 Å². The first-order valence-electron chi connectivity index (χ1n) is 8.00. The Balaban J connectivity index is 1.42. The molecule has 1 aromatic carbocycles. The van der Waals surface area contributed by atoms with Crippen LogP contribution in [0.1, 0.15) is 18.0 Å². The summed E-state index contributed by atoms with van der Waals surface area (Å²) in [5.74, 6) is -0.117. The van der Waals surface area contributed by atoms with Crippen molar-refractivity contribution in [3.8, 4) is 0 Å². The molecule has 7 nitrogen and oxygen atoms in total. The lowest BCUT2D eigenvalue weighted by molar-refractivity contribution is -0.125. The molecule has 0 unspecified atom stereocenters. The number of nitrogens with zero attached hydrogens (tertiary/aromatic N) is 4. The highest BCUT2D eigenvalue weighted by Gasteiger charge is 2.42. The van der Waals surface area contributed by atoms with E-state index in [1.54, 1.807) is 15.6 Å². The number of rotatable bonds is 4. The van der Waals surface area contributed by atoms with Crippen LogP contribution in [0.4, 0.5) is 0 Å². The van der Waals surface area contributed by atoms with Crippen molar-refractivity contribution in [1.29, 1.82) is 0 Å². The monoisotopic (exact) mass is 325 g/mol. The van der Waals surface area contributed by atoms with Crippen molar-refractivity contribution in [2.75, 3.05) is 0 Å². The second-order valence-corrected chi connectivity index (χ2v) is 6.35. The van der Waals surface area contributed by atoms with Gasteiger partial charge in [0.2, 0.25) is 5.91 Å². The molecule has 1 aliphatic carbocycles. The van der Waals surface area contributed by atoms with E-state index >= 15 is 0 Å². The van der Waals surface area contributed by atoms with E-state index < -0.39 is 6.10 Å². The quantitative estimate of drug-likeness (QED) is 0.750. The third-order valence-electron chi connectivity index (χ3n) is 4.45. The third-order valence-corrected chi connectivity index (χ3v) is 4.45. The van der Waals surface area contributed by atoms with Gasteiger partial charge in [0.25, 0.3) is 0 Å². The predicted octanol–water partition coefficient (Wildman–Crippen LogP) is 1.03. The fourth-order valence-corrected chi connectivity index (χ4v) is 3.21. The number of benzene rings is 1. The van der Waals surface area contributed by atoms with Crippen LogP contribution in [-0.2, 0) is 11.3 Å². The summed E-state index contributed by atoms with van der Waals surface area (Å²) in [4.78, 5) is 12.3. The van der Waals surface area contributed by atoms with E-state index in [0.717, 1.165) is 16.5 Å². The molecule has 0 saturated heterocycles. The SMILES string of the molecule is Cc1cnn([C@H]2[C@H](O)C[C@@H]2NC(=O)Cn2cc3ccccc3n2)c1. The summed E-state index contributed by atoms with van der Waals surface area (Å²) in [7, 11) is 0. The molecule has 0 bridgehead atoms. The first kappa shape index (κ1) is 14.9. The van der Waals surface area contributed by atoms with Gasteiger partial charge in [-0.05, 0) is 25.0 Å². The van der Waals surface area contributed by atoms with E-state index in [1.165, 1.54) is 0 Å². The van der Waals surface area contributed by atoms with Crippen molar-refractivity contribution in [2.45, 2.75) is 38.1 Å². The van der Waals surface area contributed by atoms with Gasteiger partial charge in [0, 0.05) is 17.8 Å². The summed E-state index contributed by atoms with van der Waals surface area (Å²) < 4.78 is 3.37. The van der Waals surface area contributed by atoms with Gasteiger partial charge < -0.3 is 10.4 Å². The number of carbonyl (C=O) groups excluding carboxylic acids is 1. The van der Waals surface area contributed by atoms with Gasteiger partial charge in [-0.25, -0.2) is 0 Å². The lowest BCUT2D eigenvalue weighted by atomic mass is 9.83. The minimum absolute atomic E-state index is 0.114. The van der Waals surface area contributed by atoms with Crippen LogP contribution >= 0.6 is 0 Å². The number of hydrogen-bond acceptors (Lipinski definition) is 4. The maximum Gasteiger partial charge on any atom is 0.242 e. The van der Waals surface area contributed by atoms with Crippen molar-refractivity contribution in [3.05, 3.63) is 48.4 Å². The molecule has 4 rings (SSSR count). The van der Waals surface area contributed by atoms with Gasteiger partial charge in [-0.2, -0.15) is 10.2 Å². The highest BCUT2D eigenvalue weighted by molar-refractivity contribution is 5.80. The van der Waals surface area contributed by atoms with Crippen LogP contribution < -0.4 is 5.32 Å². The Morgan fingerprint density at radius 2 is 2.21 bits per heavy atom. The number of amides is 1. The van der Waals surface area contributed by atoms with Crippen molar-refractivity contribution in [1.82, 2.24) is 24.9 Å². The minimum Gasteiger partial charge on any atom is -0.391 e. The zero-order valence-corrected chi connectivity index (χ0v) is 13.3. The molecular formula is C17H19N5O2. The zero-order valence-electron chi connectivity index (χ0n) is 13.3. The number of carbonyl (C=O) groups is 1. The minimum atomic E-state index is -0.484. The summed E-state index contributed by atoms with van der Waals surface area (Å²) in [6.07, 6.45) is 5.54. The molecule has 1 aliphatic rings. The van der Waals surface area contributed by atoms with Crippen LogP contribution in [0.3, 0.4) is 0 Å². The molecule has 1 fully saturated rings. The molecule has 2 N–H and O–H groups in total. The Labute approximate surface area is 138 Å². The Morgan fingerprint density at radius 1 is 1.38 bits per heavy atom. The number of nitrogens with one attached hydrogen (secondary N) is 1. The molecule has 24 heavy (non-hydrogen) atoms. The van der Waals surface area contributed by atoms with Crippen LogP contribution in [0.25, 0.3) is 10.9 Å². The van der Waals surface area contributed by atoms with Crippen LogP contribution in [0.2, 0.25) is 0 Å². The number of aliphatic hydroxyl groups is 1. The molecule has 3 aromatic rings. The largest absolute Gasteiger partial charge is 0.391 e. The number of aromatic nitrogens is 4. The maximum atomic E-state index is 12.3. The fraction of sp³-hybridized carbons (Fsp3) is 0.353. The van der Waals surface area contributed by atoms with Gasteiger partial charge in [0.1, 0.15) is 6.54 Å². The molecule has 1 amide bonds. The van der Waals surface area contributed by atoms with Crippen molar-refractivity contribution in [3.63, 3.8) is 0 Å². The average Bonchev–Trinajstić information content (AvgIpc) is 3.12. The number of fused-ring (bicyclic) bond motifs is 1. The lowest BCUT2D eigenvalue weighted by Crippen LogP contribution is -2.56. The summed E-state index contributed by atoms with van der Waals surface area (Å²) in [5, 5.41) is 22.6. The van der Waals surface area contributed by atoms with Crippen LogP contribution in [0, 0.1) is 6.92 Å². The maximum absolute atomic E-state index is 12.3. The van der Waals surface area contributed by atoms with Gasteiger partial charge in [-0.15, -0.1) is 0 Å². The molecule has 2 heterocycles. The number of hydrogen-bond donors (Lipinski definition) is 2. The summed E-state index contributed by atoms with van der Waals surface area (Å²) in [6.45, 7) is 2.11. The molecule has 3 atom stereocenters. The molecule has 0 spiro atoms. The average molecular weight is 325 g/mol. The van der Waals surface area contributed by atoms with E-state index in [2.05, 4.69) is 15.5 Å². The van der Waals surface area contributed by atoms with E-state index in [0.29, 0.717) is 6.42 Å². The third kappa shape index (κ3) is 2.67. The van der Waals surface area contributed by atoms with Crippen molar-refractivity contribution < 1.29 is 9.90 Å². The smallest absolute Gasteiger partial charge is 0.242 e. The van der Waals surface area contributed by atoms with E-state index in [9.17, 15) is 9.90 Å². The molecular weight excluding hydrogens is 306 g/mol. The first-order chi connectivity index (χ1) is 11.6.